The number of rotatable bonds is 4. The molecule has 2 saturated heterocycles. The second-order valence-electron chi connectivity index (χ2n) is 8.90. The van der Waals surface area contributed by atoms with E-state index in [-0.39, 0.29) is 17.9 Å². The van der Waals surface area contributed by atoms with Gasteiger partial charge in [0.05, 0.1) is 6.04 Å². The first kappa shape index (κ1) is 19.7. The summed E-state index contributed by atoms with van der Waals surface area (Å²) in [6.07, 6.45) is 7.69. The molecule has 5 nitrogen and oxygen atoms in total. The Morgan fingerprint density at radius 1 is 0.923 bits per heavy atom. The van der Waals surface area contributed by atoms with E-state index in [0.717, 1.165) is 58.3 Å². The zero-order valence-corrected chi connectivity index (χ0v) is 16.9. The van der Waals surface area contributed by atoms with E-state index in [1.807, 2.05) is 11.8 Å². The molecule has 0 aromatic rings. The highest BCUT2D eigenvalue weighted by atomic mass is 16.2. The van der Waals surface area contributed by atoms with Gasteiger partial charge in [-0.3, -0.25) is 14.5 Å². The van der Waals surface area contributed by atoms with Crippen molar-refractivity contribution in [1.82, 2.24) is 15.1 Å². The molecule has 0 spiro atoms. The second-order valence-corrected chi connectivity index (χ2v) is 8.90. The van der Waals surface area contributed by atoms with E-state index in [2.05, 4.69) is 24.1 Å². The second kappa shape index (κ2) is 8.73. The van der Waals surface area contributed by atoms with Crippen molar-refractivity contribution in [3.63, 3.8) is 0 Å². The maximum absolute atomic E-state index is 12.8. The van der Waals surface area contributed by atoms with Gasteiger partial charge in [0.15, 0.2) is 0 Å². The Kier molecular flexibility index (Phi) is 6.60. The number of amides is 2. The normalized spacial score (nSPS) is 32.4. The van der Waals surface area contributed by atoms with Crippen LogP contribution >= 0.6 is 0 Å². The molecule has 2 aliphatic heterocycles. The van der Waals surface area contributed by atoms with Crippen LogP contribution in [0.15, 0.2) is 0 Å². The highest BCUT2D eigenvalue weighted by molar-refractivity contribution is 5.82. The minimum atomic E-state index is -0.0951. The molecule has 4 unspecified atom stereocenters. The molecule has 148 valence electrons. The summed E-state index contributed by atoms with van der Waals surface area (Å²) in [6.45, 7) is 10.2. The number of carbonyl (C=O) groups is 2. The molecule has 2 heterocycles. The van der Waals surface area contributed by atoms with Gasteiger partial charge < -0.3 is 10.2 Å². The standard InChI is InChI=1S/C21H37N3O2/c1-15-7-6-8-19(16(15)2)22-20(25)17(3)23-13-9-18(10-14-23)21(26)24-11-4-5-12-24/h15-19H,4-14H2,1-3H3,(H,22,25). The van der Waals surface area contributed by atoms with Crippen LogP contribution < -0.4 is 5.32 Å². The fourth-order valence-corrected chi connectivity index (χ4v) is 4.98. The summed E-state index contributed by atoms with van der Waals surface area (Å²) < 4.78 is 0. The van der Waals surface area contributed by atoms with Crippen molar-refractivity contribution in [2.45, 2.75) is 77.8 Å². The van der Waals surface area contributed by atoms with Gasteiger partial charge in [-0.1, -0.05) is 26.7 Å². The largest absolute Gasteiger partial charge is 0.352 e. The van der Waals surface area contributed by atoms with E-state index >= 15 is 0 Å². The number of nitrogens with zero attached hydrogens (tertiary/aromatic N) is 2. The van der Waals surface area contributed by atoms with Crippen LogP contribution in [0.3, 0.4) is 0 Å². The number of likely N-dealkylation sites (tertiary alicyclic amines) is 2. The van der Waals surface area contributed by atoms with Gasteiger partial charge in [0.1, 0.15) is 0 Å². The van der Waals surface area contributed by atoms with Gasteiger partial charge in [0.2, 0.25) is 11.8 Å². The maximum atomic E-state index is 12.8. The Balaban J connectivity index is 1.46. The molecule has 0 aromatic heterocycles. The highest BCUT2D eigenvalue weighted by Crippen LogP contribution is 2.30. The summed E-state index contributed by atoms with van der Waals surface area (Å²) in [6, 6.07) is 0.227. The maximum Gasteiger partial charge on any atom is 0.237 e. The quantitative estimate of drug-likeness (QED) is 0.835. The number of piperidine rings is 1. The zero-order chi connectivity index (χ0) is 18.7. The van der Waals surface area contributed by atoms with Crippen LogP contribution in [0, 0.1) is 17.8 Å². The molecular weight excluding hydrogens is 326 g/mol. The summed E-state index contributed by atoms with van der Waals surface area (Å²) >= 11 is 0. The number of hydrogen-bond acceptors (Lipinski definition) is 3. The zero-order valence-electron chi connectivity index (χ0n) is 16.9. The molecule has 3 rings (SSSR count). The first-order valence-corrected chi connectivity index (χ1v) is 10.8. The SMILES string of the molecule is CC1CCCC(NC(=O)C(C)N2CCC(C(=O)N3CCCC3)CC2)C1C. The first-order chi connectivity index (χ1) is 12.5. The third kappa shape index (κ3) is 4.41. The fourth-order valence-electron chi connectivity index (χ4n) is 4.98. The van der Waals surface area contributed by atoms with E-state index in [1.54, 1.807) is 0 Å². The number of hydrogen-bond donors (Lipinski definition) is 1. The van der Waals surface area contributed by atoms with Crippen LogP contribution in [0.25, 0.3) is 0 Å². The lowest BCUT2D eigenvalue weighted by Crippen LogP contribution is -2.53. The first-order valence-electron chi connectivity index (χ1n) is 10.8. The summed E-state index contributed by atoms with van der Waals surface area (Å²) in [5, 5.41) is 3.32. The van der Waals surface area contributed by atoms with Crippen LogP contribution in [0.1, 0.15) is 65.7 Å². The fraction of sp³-hybridized carbons (Fsp3) is 0.905. The van der Waals surface area contributed by atoms with Gasteiger partial charge in [-0.2, -0.15) is 0 Å². The third-order valence-corrected chi connectivity index (χ3v) is 7.26. The average Bonchev–Trinajstić information content (AvgIpc) is 3.19. The van der Waals surface area contributed by atoms with Gasteiger partial charge in [-0.25, -0.2) is 0 Å². The lowest BCUT2D eigenvalue weighted by molar-refractivity contribution is -0.136. The minimum absolute atomic E-state index is 0.0951. The average molecular weight is 364 g/mol. The summed E-state index contributed by atoms with van der Waals surface area (Å²) in [7, 11) is 0. The van der Waals surface area contributed by atoms with Crippen LogP contribution in [-0.4, -0.2) is 59.9 Å². The molecule has 0 bridgehead atoms. The lowest BCUT2D eigenvalue weighted by Gasteiger charge is -2.38. The van der Waals surface area contributed by atoms with Crippen molar-refractivity contribution >= 4 is 11.8 Å². The van der Waals surface area contributed by atoms with Gasteiger partial charge in [0.25, 0.3) is 0 Å². The molecule has 1 saturated carbocycles. The van der Waals surface area contributed by atoms with Crippen molar-refractivity contribution in [1.29, 1.82) is 0 Å². The molecule has 1 N–H and O–H groups in total. The smallest absolute Gasteiger partial charge is 0.237 e. The monoisotopic (exact) mass is 363 g/mol. The Labute approximate surface area is 158 Å². The molecule has 2 amide bonds. The topological polar surface area (TPSA) is 52.7 Å². The van der Waals surface area contributed by atoms with Crippen molar-refractivity contribution in [2.75, 3.05) is 26.2 Å². The van der Waals surface area contributed by atoms with Crippen molar-refractivity contribution < 1.29 is 9.59 Å². The van der Waals surface area contributed by atoms with E-state index < -0.39 is 0 Å². The van der Waals surface area contributed by atoms with E-state index in [1.165, 1.54) is 12.8 Å². The van der Waals surface area contributed by atoms with E-state index in [4.69, 9.17) is 0 Å². The van der Waals surface area contributed by atoms with Crippen LogP contribution in [0.5, 0.6) is 0 Å². The van der Waals surface area contributed by atoms with E-state index in [9.17, 15) is 9.59 Å². The van der Waals surface area contributed by atoms with Gasteiger partial charge in [0, 0.05) is 25.0 Å². The van der Waals surface area contributed by atoms with Gasteiger partial charge in [-0.15, -0.1) is 0 Å². The lowest BCUT2D eigenvalue weighted by atomic mass is 9.78. The molecule has 4 atom stereocenters. The summed E-state index contributed by atoms with van der Waals surface area (Å²) in [5.41, 5.74) is 0. The molecule has 0 radical (unpaired) electrons. The van der Waals surface area contributed by atoms with Gasteiger partial charge in [-0.05, 0) is 64.0 Å². The Hall–Kier alpha value is -1.10. The Bertz CT molecular complexity index is 495. The third-order valence-electron chi connectivity index (χ3n) is 7.26. The van der Waals surface area contributed by atoms with Crippen molar-refractivity contribution in [2.24, 2.45) is 17.8 Å². The highest BCUT2D eigenvalue weighted by Gasteiger charge is 2.34. The molecule has 3 fully saturated rings. The molecule has 3 aliphatic rings. The van der Waals surface area contributed by atoms with Crippen LogP contribution in [-0.2, 0) is 9.59 Å². The number of nitrogens with one attached hydrogen (secondary N) is 1. The van der Waals surface area contributed by atoms with Crippen molar-refractivity contribution in [3.05, 3.63) is 0 Å². The summed E-state index contributed by atoms with van der Waals surface area (Å²) in [4.78, 5) is 29.6. The minimum Gasteiger partial charge on any atom is -0.352 e. The predicted molar refractivity (Wildman–Crippen MR) is 104 cm³/mol. The number of carbonyl (C=O) groups excluding carboxylic acids is 2. The molecule has 0 aromatic carbocycles. The van der Waals surface area contributed by atoms with Crippen molar-refractivity contribution in [3.8, 4) is 0 Å². The summed E-state index contributed by atoms with van der Waals surface area (Å²) in [5.74, 6) is 1.93. The predicted octanol–water partition coefficient (Wildman–Crippen LogP) is 2.65. The van der Waals surface area contributed by atoms with E-state index in [0.29, 0.717) is 23.8 Å². The molecule has 1 aliphatic carbocycles. The molecule has 5 heteroatoms. The van der Waals surface area contributed by atoms with Crippen LogP contribution in [0.2, 0.25) is 0 Å². The van der Waals surface area contributed by atoms with Gasteiger partial charge >= 0.3 is 0 Å². The Morgan fingerprint density at radius 2 is 1.58 bits per heavy atom. The molecular formula is C21H37N3O2. The Morgan fingerprint density at radius 3 is 2.23 bits per heavy atom. The van der Waals surface area contributed by atoms with Crippen LogP contribution in [0.4, 0.5) is 0 Å². The molecule has 26 heavy (non-hydrogen) atoms.